The molecule has 54 valence electrons. The van der Waals surface area contributed by atoms with Gasteiger partial charge in [0.2, 0.25) is 6.10 Å². The fourth-order valence-corrected chi connectivity index (χ4v) is 0.161. The van der Waals surface area contributed by atoms with Crippen molar-refractivity contribution in [3.05, 3.63) is 0 Å². The molecule has 0 aromatic carbocycles. The highest BCUT2D eigenvalue weighted by Crippen LogP contribution is 2.18. The number of amides is 1. The highest BCUT2D eigenvalue weighted by molar-refractivity contribution is 5.79. The molecule has 1 atom stereocenters. The molecule has 0 heterocycles. The smallest absolute Gasteiger partial charge is 0.376 e. The van der Waals surface area contributed by atoms with Gasteiger partial charge in [0.05, 0.1) is 0 Å². The number of hydrogen-bond acceptors (Lipinski definition) is 2. The lowest BCUT2D eigenvalue weighted by Crippen LogP contribution is -2.40. The van der Waals surface area contributed by atoms with Gasteiger partial charge in [0.25, 0.3) is 5.91 Å². The first-order valence-electron chi connectivity index (χ1n) is 1.90. The van der Waals surface area contributed by atoms with Gasteiger partial charge in [0.1, 0.15) is 0 Å². The van der Waals surface area contributed by atoms with Crippen molar-refractivity contribution in [2.24, 2.45) is 5.73 Å². The second-order valence-electron chi connectivity index (χ2n) is 1.35. The van der Waals surface area contributed by atoms with Crippen LogP contribution in [0.4, 0.5) is 13.2 Å². The third-order valence-electron chi connectivity index (χ3n) is 0.580. The van der Waals surface area contributed by atoms with Crippen LogP contribution in [-0.4, -0.2) is 23.3 Å². The molecule has 1 amide bonds. The molecule has 0 aromatic rings. The van der Waals surface area contributed by atoms with Crippen LogP contribution in [0.25, 0.3) is 0 Å². The van der Waals surface area contributed by atoms with Gasteiger partial charge in [0, 0.05) is 0 Å². The summed E-state index contributed by atoms with van der Waals surface area (Å²) in [5, 5.41) is 7.86. The molecule has 0 aromatic heterocycles. The Labute approximate surface area is 48.3 Å². The SMILES string of the molecule is NC(=O)[C@H](O)C(F)(F)F. The standard InChI is InChI=1S/C3H4F3NO2/c4-3(5,6)1(8)2(7)9/h1,8H,(H2,7,9)/t1-/m0/s1. The first-order valence-corrected chi connectivity index (χ1v) is 1.90. The Bertz CT molecular complexity index is 121. The molecule has 0 saturated carbocycles. The second kappa shape index (κ2) is 2.22. The monoisotopic (exact) mass is 143 g/mol. The fourth-order valence-electron chi connectivity index (χ4n) is 0.161. The topological polar surface area (TPSA) is 63.3 Å². The Hall–Kier alpha value is -0.780. The van der Waals surface area contributed by atoms with E-state index in [1.54, 1.807) is 0 Å². The van der Waals surface area contributed by atoms with Gasteiger partial charge in [-0.15, -0.1) is 0 Å². The number of carbonyl (C=O) groups is 1. The summed E-state index contributed by atoms with van der Waals surface area (Å²) in [4.78, 5) is 9.60. The largest absolute Gasteiger partial charge is 0.423 e. The Morgan fingerprint density at radius 2 is 1.89 bits per heavy atom. The number of aliphatic hydroxyl groups is 1. The fraction of sp³-hybridized carbons (Fsp3) is 0.667. The predicted molar refractivity (Wildman–Crippen MR) is 21.3 cm³/mol. The maximum Gasteiger partial charge on any atom is 0.423 e. The number of hydrogen-bond donors (Lipinski definition) is 2. The average Bonchev–Trinajstić information content (AvgIpc) is 1.62. The van der Waals surface area contributed by atoms with E-state index in [0.29, 0.717) is 0 Å². The van der Waals surface area contributed by atoms with E-state index in [1.807, 2.05) is 0 Å². The number of primary amides is 1. The summed E-state index contributed by atoms with van der Waals surface area (Å²) in [5.41, 5.74) is 4.11. The Morgan fingerprint density at radius 1 is 1.56 bits per heavy atom. The lowest BCUT2D eigenvalue weighted by atomic mass is 10.3. The number of aliphatic hydroxyl groups excluding tert-OH is 1. The molecular weight excluding hydrogens is 139 g/mol. The van der Waals surface area contributed by atoms with E-state index in [9.17, 15) is 18.0 Å². The highest BCUT2D eigenvalue weighted by atomic mass is 19.4. The lowest BCUT2D eigenvalue weighted by Gasteiger charge is -2.09. The zero-order valence-corrected chi connectivity index (χ0v) is 4.14. The molecule has 3 N–H and O–H groups in total. The zero-order chi connectivity index (χ0) is 7.65. The van der Waals surface area contributed by atoms with Crippen molar-refractivity contribution in [1.29, 1.82) is 0 Å². The quantitative estimate of drug-likeness (QED) is 0.514. The molecule has 0 aliphatic rings. The van der Waals surface area contributed by atoms with E-state index < -0.39 is 18.2 Å². The van der Waals surface area contributed by atoms with Crippen molar-refractivity contribution in [3.8, 4) is 0 Å². The summed E-state index contributed by atoms with van der Waals surface area (Å²) in [6.07, 6.45) is -7.98. The minimum absolute atomic E-state index is 1.79. The Balaban J connectivity index is 4.04. The van der Waals surface area contributed by atoms with Crippen LogP contribution in [0.15, 0.2) is 0 Å². The zero-order valence-electron chi connectivity index (χ0n) is 4.14. The third kappa shape index (κ3) is 2.31. The molecule has 6 heteroatoms. The van der Waals surface area contributed by atoms with Gasteiger partial charge in [-0.25, -0.2) is 0 Å². The highest BCUT2D eigenvalue weighted by Gasteiger charge is 2.42. The predicted octanol–water partition coefficient (Wildman–Crippen LogP) is -0.605. The molecule has 0 unspecified atom stereocenters. The molecular formula is C3H4F3NO2. The molecule has 9 heavy (non-hydrogen) atoms. The average molecular weight is 143 g/mol. The Morgan fingerprint density at radius 3 is 1.89 bits per heavy atom. The second-order valence-corrected chi connectivity index (χ2v) is 1.35. The lowest BCUT2D eigenvalue weighted by molar-refractivity contribution is -0.203. The summed E-state index contributed by atoms with van der Waals surface area (Å²) in [6, 6.07) is 0. The first-order chi connectivity index (χ1) is 3.85. The summed E-state index contributed by atoms with van der Waals surface area (Å²) in [7, 11) is 0. The third-order valence-corrected chi connectivity index (χ3v) is 0.580. The van der Waals surface area contributed by atoms with Crippen molar-refractivity contribution in [2.75, 3.05) is 0 Å². The van der Waals surface area contributed by atoms with Crippen molar-refractivity contribution in [2.45, 2.75) is 12.3 Å². The first kappa shape index (κ1) is 8.22. The van der Waals surface area contributed by atoms with Crippen LogP contribution in [0.3, 0.4) is 0 Å². The number of nitrogens with two attached hydrogens (primary N) is 1. The van der Waals surface area contributed by atoms with Crippen molar-refractivity contribution >= 4 is 5.91 Å². The van der Waals surface area contributed by atoms with E-state index in [1.165, 1.54) is 0 Å². The van der Waals surface area contributed by atoms with E-state index in [-0.39, 0.29) is 0 Å². The van der Waals surface area contributed by atoms with Crippen molar-refractivity contribution in [3.63, 3.8) is 0 Å². The number of alkyl halides is 3. The van der Waals surface area contributed by atoms with E-state index in [0.717, 1.165) is 0 Å². The van der Waals surface area contributed by atoms with Gasteiger partial charge >= 0.3 is 6.18 Å². The minimum atomic E-state index is -4.94. The molecule has 0 bridgehead atoms. The van der Waals surface area contributed by atoms with Crippen molar-refractivity contribution < 1.29 is 23.1 Å². The molecule has 0 rings (SSSR count). The molecule has 0 aliphatic carbocycles. The molecule has 0 aliphatic heterocycles. The summed E-state index contributed by atoms with van der Waals surface area (Å²) in [5.74, 6) is -1.79. The van der Waals surface area contributed by atoms with Gasteiger partial charge in [-0.05, 0) is 0 Å². The van der Waals surface area contributed by atoms with Crippen LogP contribution < -0.4 is 5.73 Å². The van der Waals surface area contributed by atoms with Gasteiger partial charge in [0.15, 0.2) is 0 Å². The maximum atomic E-state index is 11.1. The van der Waals surface area contributed by atoms with Crippen LogP contribution in [0.1, 0.15) is 0 Å². The summed E-state index contributed by atoms with van der Waals surface area (Å²) < 4.78 is 33.4. The molecule has 3 nitrogen and oxygen atoms in total. The van der Waals surface area contributed by atoms with E-state index >= 15 is 0 Å². The molecule has 0 saturated heterocycles. The van der Waals surface area contributed by atoms with Crippen LogP contribution in [0.2, 0.25) is 0 Å². The van der Waals surface area contributed by atoms with Crippen LogP contribution in [0, 0.1) is 0 Å². The summed E-state index contributed by atoms with van der Waals surface area (Å²) in [6.45, 7) is 0. The minimum Gasteiger partial charge on any atom is -0.376 e. The van der Waals surface area contributed by atoms with E-state index in [2.05, 4.69) is 5.73 Å². The summed E-state index contributed by atoms with van der Waals surface area (Å²) >= 11 is 0. The number of rotatable bonds is 1. The van der Waals surface area contributed by atoms with Gasteiger partial charge in [-0.3, -0.25) is 4.79 Å². The molecule has 0 fully saturated rings. The maximum absolute atomic E-state index is 11.1. The van der Waals surface area contributed by atoms with Crippen LogP contribution in [0.5, 0.6) is 0 Å². The number of carbonyl (C=O) groups excluding carboxylic acids is 1. The van der Waals surface area contributed by atoms with Crippen LogP contribution >= 0.6 is 0 Å². The van der Waals surface area contributed by atoms with Gasteiger partial charge < -0.3 is 10.8 Å². The van der Waals surface area contributed by atoms with Crippen LogP contribution in [-0.2, 0) is 4.79 Å². The molecule has 0 radical (unpaired) electrons. The van der Waals surface area contributed by atoms with Gasteiger partial charge in [-0.2, -0.15) is 13.2 Å². The molecule has 0 spiro atoms. The Kier molecular flexibility index (Phi) is 2.03. The van der Waals surface area contributed by atoms with E-state index in [4.69, 9.17) is 5.11 Å². The normalized spacial score (nSPS) is 15.1. The van der Waals surface area contributed by atoms with Crippen molar-refractivity contribution in [1.82, 2.24) is 0 Å². The van der Waals surface area contributed by atoms with Gasteiger partial charge in [-0.1, -0.05) is 0 Å². The number of halogens is 3.